The van der Waals surface area contributed by atoms with Crippen molar-refractivity contribution in [3.63, 3.8) is 0 Å². The molecule has 0 unspecified atom stereocenters. The van der Waals surface area contributed by atoms with Gasteiger partial charge in [0.25, 0.3) is 0 Å². The van der Waals surface area contributed by atoms with Crippen LogP contribution in [0.3, 0.4) is 0 Å². The van der Waals surface area contributed by atoms with E-state index >= 15 is 0 Å². The minimum atomic E-state index is 0.0358. The first kappa shape index (κ1) is 13.5. The number of amides is 1. The molecule has 0 saturated carbocycles. The van der Waals surface area contributed by atoms with Gasteiger partial charge in [0.2, 0.25) is 5.91 Å². The predicted octanol–water partition coefficient (Wildman–Crippen LogP) is 3.03. The molecule has 17 heavy (non-hydrogen) atoms. The first-order valence-corrected chi connectivity index (χ1v) is 6.26. The quantitative estimate of drug-likeness (QED) is 0.763. The Balaban J connectivity index is 2.42. The predicted molar refractivity (Wildman–Crippen MR) is 71.2 cm³/mol. The highest BCUT2D eigenvalue weighted by molar-refractivity contribution is 5.89. The molecule has 0 radical (unpaired) electrons. The maximum Gasteiger partial charge on any atom is 0.225 e. The van der Waals surface area contributed by atoms with E-state index in [0.29, 0.717) is 12.2 Å². The molecule has 4 heteroatoms. The fraction of sp³-hybridized carbons (Fsp3) is 0.538. The van der Waals surface area contributed by atoms with Gasteiger partial charge in [0.15, 0.2) is 0 Å². The number of nitrogens with one attached hydrogen (secondary N) is 2. The number of hydrogen-bond acceptors (Lipinski definition) is 3. The summed E-state index contributed by atoms with van der Waals surface area (Å²) in [4.78, 5) is 15.6. The highest BCUT2D eigenvalue weighted by Gasteiger charge is 2.02. The minimum absolute atomic E-state index is 0.0358. The van der Waals surface area contributed by atoms with E-state index in [1.807, 2.05) is 12.1 Å². The largest absolute Gasteiger partial charge is 0.384 e. The third-order valence-corrected chi connectivity index (χ3v) is 2.37. The van der Waals surface area contributed by atoms with Crippen LogP contribution in [0.5, 0.6) is 0 Å². The van der Waals surface area contributed by atoms with E-state index in [9.17, 15) is 4.79 Å². The normalized spacial score (nSPS) is 10.0. The third-order valence-electron chi connectivity index (χ3n) is 2.37. The van der Waals surface area contributed by atoms with Gasteiger partial charge in [-0.3, -0.25) is 4.79 Å². The third kappa shape index (κ3) is 5.33. The number of hydrogen-bond donors (Lipinski definition) is 2. The lowest BCUT2D eigenvalue weighted by molar-refractivity contribution is -0.116. The first-order chi connectivity index (χ1) is 8.26. The van der Waals surface area contributed by atoms with Gasteiger partial charge in [-0.05, 0) is 25.0 Å². The van der Waals surface area contributed by atoms with Crippen molar-refractivity contribution in [1.29, 1.82) is 0 Å². The second kappa shape index (κ2) is 7.65. The van der Waals surface area contributed by atoms with Crippen molar-refractivity contribution >= 4 is 17.4 Å². The maximum atomic E-state index is 11.5. The van der Waals surface area contributed by atoms with E-state index in [2.05, 4.69) is 29.5 Å². The maximum absolute atomic E-state index is 11.5. The number of carbonyl (C=O) groups excluding carboxylic acids is 1. The molecule has 1 rings (SSSR count). The first-order valence-electron chi connectivity index (χ1n) is 6.26. The van der Waals surface area contributed by atoms with Gasteiger partial charge >= 0.3 is 0 Å². The zero-order chi connectivity index (χ0) is 12.5. The summed E-state index contributed by atoms with van der Waals surface area (Å²) in [6.07, 6.45) is 5.33. The topological polar surface area (TPSA) is 54.0 Å². The Labute approximate surface area is 103 Å². The van der Waals surface area contributed by atoms with Crippen molar-refractivity contribution in [2.45, 2.75) is 39.5 Å². The number of unbranched alkanes of at least 4 members (excludes halogenated alkanes) is 1. The average Bonchev–Trinajstić information content (AvgIpc) is 2.35. The highest BCUT2D eigenvalue weighted by atomic mass is 16.1. The highest BCUT2D eigenvalue weighted by Crippen LogP contribution is 2.10. The standard InChI is InChI=1S/C13H21N3O/c1-3-5-6-13(17)16-12-8-7-11(10-15-12)14-9-4-2/h7-8,10,14H,3-6,9H2,1-2H3,(H,15,16,17). The Kier molecular flexibility index (Phi) is 6.07. The molecule has 1 aromatic rings. The van der Waals surface area contributed by atoms with Gasteiger partial charge in [-0.15, -0.1) is 0 Å². The molecule has 4 nitrogen and oxygen atoms in total. The SMILES string of the molecule is CCCCC(=O)Nc1ccc(NCCC)cn1. The van der Waals surface area contributed by atoms with Gasteiger partial charge in [-0.1, -0.05) is 20.3 Å². The Morgan fingerprint density at radius 1 is 1.29 bits per heavy atom. The van der Waals surface area contributed by atoms with E-state index in [-0.39, 0.29) is 5.91 Å². The van der Waals surface area contributed by atoms with Crippen LogP contribution >= 0.6 is 0 Å². The Morgan fingerprint density at radius 3 is 2.71 bits per heavy atom. The summed E-state index contributed by atoms with van der Waals surface area (Å²) in [5.41, 5.74) is 0.985. The summed E-state index contributed by atoms with van der Waals surface area (Å²) in [5, 5.41) is 6.02. The summed E-state index contributed by atoms with van der Waals surface area (Å²) in [6.45, 7) is 5.12. The molecule has 0 bridgehead atoms. The molecule has 0 aromatic carbocycles. The monoisotopic (exact) mass is 235 g/mol. The van der Waals surface area contributed by atoms with Gasteiger partial charge in [0.05, 0.1) is 11.9 Å². The summed E-state index contributed by atoms with van der Waals surface area (Å²) in [6, 6.07) is 3.75. The Bertz CT molecular complexity index is 335. The number of pyridine rings is 1. The van der Waals surface area contributed by atoms with Crippen LogP contribution in [0.25, 0.3) is 0 Å². The zero-order valence-corrected chi connectivity index (χ0v) is 10.6. The van der Waals surface area contributed by atoms with E-state index in [0.717, 1.165) is 31.5 Å². The van der Waals surface area contributed by atoms with Crippen molar-refractivity contribution in [2.24, 2.45) is 0 Å². The van der Waals surface area contributed by atoms with Gasteiger partial charge in [0.1, 0.15) is 5.82 Å². The number of nitrogens with zero attached hydrogens (tertiary/aromatic N) is 1. The number of aromatic nitrogens is 1. The average molecular weight is 235 g/mol. The van der Waals surface area contributed by atoms with Gasteiger partial charge in [0, 0.05) is 13.0 Å². The van der Waals surface area contributed by atoms with Crippen molar-refractivity contribution in [1.82, 2.24) is 4.98 Å². The molecule has 0 aliphatic heterocycles. The van der Waals surface area contributed by atoms with E-state index in [1.165, 1.54) is 0 Å². The van der Waals surface area contributed by atoms with E-state index in [1.54, 1.807) is 6.20 Å². The van der Waals surface area contributed by atoms with Crippen LogP contribution in [0.1, 0.15) is 39.5 Å². The molecule has 0 atom stereocenters. The van der Waals surface area contributed by atoms with Crippen molar-refractivity contribution < 1.29 is 4.79 Å². The lowest BCUT2D eigenvalue weighted by Gasteiger charge is -2.06. The smallest absolute Gasteiger partial charge is 0.225 e. The molecule has 0 spiro atoms. The number of anilines is 2. The molecule has 1 heterocycles. The van der Waals surface area contributed by atoms with E-state index < -0.39 is 0 Å². The number of carbonyl (C=O) groups is 1. The molecular weight excluding hydrogens is 214 g/mol. The minimum Gasteiger partial charge on any atom is -0.384 e. The molecule has 0 aliphatic rings. The lowest BCUT2D eigenvalue weighted by Crippen LogP contribution is -2.12. The van der Waals surface area contributed by atoms with Crippen LogP contribution in [-0.4, -0.2) is 17.4 Å². The van der Waals surface area contributed by atoms with Gasteiger partial charge in [-0.25, -0.2) is 4.98 Å². The van der Waals surface area contributed by atoms with Crippen LogP contribution in [0.4, 0.5) is 11.5 Å². The summed E-state index contributed by atoms with van der Waals surface area (Å²) in [5.74, 6) is 0.654. The molecule has 2 N–H and O–H groups in total. The fourth-order valence-electron chi connectivity index (χ4n) is 1.38. The van der Waals surface area contributed by atoms with Crippen LogP contribution in [-0.2, 0) is 4.79 Å². The van der Waals surface area contributed by atoms with Crippen LogP contribution in [0.15, 0.2) is 18.3 Å². The molecule has 0 aliphatic carbocycles. The van der Waals surface area contributed by atoms with Gasteiger partial charge < -0.3 is 10.6 Å². The summed E-state index contributed by atoms with van der Waals surface area (Å²) < 4.78 is 0. The molecule has 1 aromatic heterocycles. The second-order valence-electron chi connectivity index (χ2n) is 4.01. The van der Waals surface area contributed by atoms with Gasteiger partial charge in [-0.2, -0.15) is 0 Å². The summed E-state index contributed by atoms with van der Waals surface area (Å²) >= 11 is 0. The number of rotatable bonds is 7. The second-order valence-corrected chi connectivity index (χ2v) is 4.01. The molecular formula is C13H21N3O. The molecule has 0 fully saturated rings. The van der Waals surface area contributed by atoms with Crippen molar-refractivity contribution in [3.8, 4) is 0 Å². The van der Waals surface area contributed by atoms with Crippen LogP contribution in [0.2, 0.25) is 0 Å². The Hall–Kier alpha value is -1.58. The molecule has 94 valence electrons. The van der Waals surface area contributed by atoms with Crippen LogP contribution < -0.4 is 10.6 Å². The zero-order valence-electron chi connectivity index (χ0n) is 10.6. The Morgan fingerprint density at radius 2 is 2.12 bits per heavy atom. The molecule has 1 amide bonds. The fourth-order valence-corrected chi connectivity index (χ4v) is 1.38. The molecule has 0 saturated heterocycles. The lowest BCUT2D eigenvalue weighted by atomic mass is 10.2. The van der Waals surface area contributed by atoms with Crippen molar-refractivity contribution in [2.75, 3.05) is 17.2 Å². The van der Waals surface area contributed by atoms with Crippen LogP contribution in [0, 0.1) is 0 Å². The summed E-state index contributed by atoms with van der Waals surface area (Å²) in [7, 11) is 0. The van der Waals surface area contributed by atoms with E-state index in [4.69, 9.17) is 0 Å². The van der Waals surface area contributed by atoms with Crippen molar-refractivity contribution in [3.05, 3.63) is 18.3 Å².